The minimum absolute atomic E-state index is 0.146. The van der Waals surface area contributed by atoms with Gasteiger partial charge in [-0.15, -0.1) is 0 Å². The normalized spacial score (nSPS) is 18.3. The van der Waals surface area contributed by atoms with Gasteiger partial charge in [-0.2, -0.15) is 0 Å². The van der Waals surface area contributed by atoms with E-state index < -0.39 is 17.7 Å². The SMILES string of the molecule is CC(C)CC(=O)C1=C(O)C(=O)N(CCCN(C)C)C1c1ccco1. The van der Waals surface area contributed by atoms with Crippen LogP contribution in [0.15, 0.2) is 34.1 Å². The Labute approximate surface area is 142 Å². The molecule has 0 bridgehead atoms. The molecule has 6 nitrogen and oxygen atoms in total. The van der Waals surface area contributed by atoms with Gasteiger partial charge in [0.05, 0.1) is 11.8 Å². The first-order valence-electron chi connectivity index (χ1n) is 8.28. The zero-order valence-corrected chi connectivity index (χ0v) is 14.8. The van der Waals surface area contributed by atoms with Crippen LogP contribution in [-0.4, -0.2) is 53.8 Å². The number of amides is 1. The van der Waals surface area contributed by atoms with E-state index >= 15 is 0 Å². The fourth-order valence-electron chi connectivity index (χ4n) is 2.95. The quantitative estimate of drug-likeness (QED) is 0.791. The molecule has 1 aromatic rings. The molecule has 1 N–H and O–H groups in total. The van der Waals surface area contributed by atoms with Gasteiger partial charge in [-0.05, 0) is 45.1 Å². The predicted molar refractivity (Wildman–Crippen MR) is 90.4 cm³/mol. The van der Waals surface area contributed by atoms with Crippen LogP contribution in [0, 0.1) is 5.92 Å². The molecule has 0 saturated carbocycles. The average molecular weight is 334 g/mol. The van der Waals surface area contributed by atoms with Crippen LogP contribution < -0.4 is 0 Å². The van der Waals surface area contributed by atoms with E-state index in [1.54, 1.807) is 12.1 Å². The number of Topliss-reactive ketones (excluding diaryl/α,β-unsaturated/α-hetero) is 1. The minimum Gasteiger partial charge on any atom is -0.503 e. The fraction of sp³-hybridized carbons (Fsp3) is 0.556. The van der Waals surface area contributed by atoms with Crippen LogP contribution in [0.3, 0.4) is 0 Å². The monoisotopic (exact) mass is 334 g/mol. The number of ketones is 1. The summed E-state index contributed by atoms with van der Waals surface area (Å²) < 4.78 is 5.46. The third kappa shape index (κ3) is 3.87. The second kappa shape index (κ2) is 7.66. The molecule has 132 valence electrons. The highest BCUT2D eigenvalue weighted by molar-refractivity contribution is 6.08. The molecule has 1 unspecified atom stereocenters. The molecular weight excluding hydrogens is 308 g/mol. The van der Waals surface area contributed by atoms with Crippen LogP contribution in [0.5, 0.6) is 0 Å². The molecule has 0 saturated heterocycles. The Morgan fingerprint density at radius 2 is 2.12 bits per heavy atom. The summed E-state index contributed by atoms with van der Waals surface area (Å²) in [6, 6.07) is 2.82. The highest BCUT2D eigenvalue weighted by Gasteiger charge is 2.44. The Hall–Kier alpha value is -2.08. The molecule has 0 radical (unpaired) electrons. The van der Waals surface area contributed by atoms with Gasteiger partial charge in [0.25, 0.3) is 5.91 Å². The molecule has 1 aromatic heterocycles. The number of nitrogens with zero attached hydrogens (tertiary/aromatic N) is 2. The van der Waals surface area contributed by atoms with Crippen molar-refractivity contribution in [3.63, 3.8) is 0 Å². The van der Waals surface area contributed by atoms with Gasteiger partial charge in [0.2, 0.25) is 0 Å². The van der Waals surface area contributed by atoms with Gasteiger partial charge >= 0.3 is 0 Å². The van der Waals surface area contributed by atoms with E-state index in [-0.39, 0.29) is 23.7 Å². The lowest BCUT2D eigenvalue weighted by atomic mass is 9.95. The number of hydrogen-bond acceptors (Lipinski definition) is 5. The molecule has 0 fully saturated rings. The van der Waals surface area contributed by atoms with Crippen LogP contribution >= 0.6 is 0 Å². The van der Waals surface area contributed by atoms with E-state index in [9.17, 15) is 14.7 Å². The van der Waals surface area contributed by atoms with Crippen LogP contribution in [0.2, 0.25) is 0 Å². The van der Waals surface area contributed by atoms with Crippen molar-refractivity contribution in [2.75, 3.05) is 27.2 Å². The third-order valence-corrected chi connectivity index (χ3v) is 4.01. The molecule has 1 aliphatic rings. The van der Waals surface area contributed by atoms with Gasteiger partial charge in [0.1, 0.15) is 11.8 Å². The van der Waals surface area contributed by atoms with Crippen LogP contribution in [-0.2, 0) is 9.59 Å². The lowest BCUT2D eigenvalue weighted by Crippen LogP contribution is -2.33. The lowest BCUT2D eigenvalue weighted by molar-refractivity contribution is -0.129. The van der Waals surface area contributed by atoms with E-state index in [0.717, 1.165) is 13.0 Å². The van der Waals surface area contributed by atoms with Gasteiger partial charge in [0.15, 0.2) is 11.5 Å². The third-order valence-electron chi connectivity index (χ3n) is 4.01. The zero-order valence-electron chi connectivity index (χ0n) is 14.8. The van der Waals surface area contributed by atoms with Crippen molar-refractivity contribution in [2.24, 2.45) is 5.92 Å². The van der Waals surface area contributed by atoms with Crippen molar-refractivity contribution in [3.8, 4) is 0 Å². The summed E-state index contributed by atoms with van der Waals surface area (Å²) in [5.41, 5.74) is 0.161. The van der Waals surface area contributed by atoms with Crippen LogP contribution in [0.1, 0.15) is 38.5 Å². The second-order valence-electron chi connectivity index (χ2n) is 6.86. The van der Waals surface area contributed by atoms with Gasteiger partial charge in [0, 0.05) is 13.0 Å². The molecule has 2 rings (SSSR count). The first kappa shape index (κ1) is 18.3. The van der Waals surface area contributed by atoms with E-state index in [2.05, 4.69) is 0 Å². The minimum atomic E-state index is -0.638. The maximum Gasteiger partial charge on any atom is 0.290 e. The molecule has 2 heterocycles. The topological polar surface area (TPSA) is 74.0 Å². The zero-order chi connectivity index (χ0) is 17.9. The summed E-state index contributed by atoms with van der Waals surface area (Å²) in [6.07, 6.45) is 2.54. The van der Waals surface area contributed by atoms with Gasteiger partial charge < -0.3 is 19.3 Å². The summed E-state index contributed by atoms with van der Waals surface area (Å²) in [4.78, 5) is 28.7. The first-order chi connectivity index (χ1) is 11.3. The number of rotatable bonds is 8. The number of carbonyl (C=O) groups excluding carboxylic acids is 2. The van der Waals surface area contributed by atoms with Crippen LogP contribution in [0.4, 0.5) is 0 Å². The van der Waals surface area contributed by atoms with Crippen molar-refractivity contribution >= 4 is 11.7 Å². The Kier molecular flexibility index (Phi) is 5.83. The van der Waals surface area contributed by atoms with Gasteiger partial charge in [-0.1, -0.05) is 13.8 Å². The molecular formula is C18H26N2O4. The summed E-state index contributed by atoms with van der Waals surface area (Å²) >= 11 is 0. The number of furan rings is 1. The molecule has 1 atom stereocenters. The highest BCUT2D eigenvalue weighted by Crippen LogP contribution is 2.38. The molecule has 1 aliphatic heterocycles. The highest BCUT2D eigenvalue weighted by atomic mass is 16.3. The fourth-order valence-corrected chi connectivity index (χ4v) is 2.95. The number of hydrogen-bond donors (Lipinski definition) is 1. The number of aliphatic hydroxyl groups excluding tert-OH is 1. The Morgan fingerprint density at radius 1 is 1.42 bits per heavy atom. The van der Waals surface area contributed by atoms with Crippen molar-refractivity contribution in [3.05, 3.63) is 35.5 Å². The van der Waals surface area contributed by atoms with E-state index in [4.69, 9.17) is 4.42 Å². The molecule has 0 aliphatic carbocycles. The molecule has 0 spiro atoms. The molecule has 6 heteroatoms. The smallest absolute Gasteiger partial charge is 0.290 e. The maximum atomic E-state index is 12.6. The molecule has 0 aromatic carbocycles. The maximum absolute atomic E-state index is 12.6. The Bertz CT molecular complexity index is 617. The van der Waals surface area contributed by atoms with Crippen LogP contribution in [0.25, 0.3) is 0 Å². The van der Waals surface area contributed by atoms with Crippen molar-refractivity contribution in [1.82, 2.24) is 9.80 Å². The van der Waals surface area contributed by atoms with Crippen molar-refractivity contribution in [1.29, 1.82) is 0 Å². The predicted octanol–water partition coefficient (Wildman–Crippen LogP) is 2.54. The molecule has 24 heavy (non-hydrogen) atoms. The second-order valence-corrected chi connectivity index (χ2v) is 6.86. The van der Waals surface area contributed by atoms with E-state index in [1.807, 2.05) is 32.8 Å². The largest absolute Gasteiger partial charge is 0.503 e. The van der Waals surface area contributed by atoms with E-state index in [1.165, 1.54) is 11.2 Å². The number of carbonyl (C=O) groups is 2. The summed E-state index contributed by atoms with van der Waals surface area (Å²) in [5, 5.41) is 10.3. The summed E-state index contributed by atoms with van der Waals surface area (Å²) in [6.45, 7) is 5.13. The Balaban J connectivity index is 2.30. The first-order valence-corrected chi connectivity index (χ1v) is 8.28. The van der Waals surface area contributed by atoms with Crippen molar-refractivity contribution < 1.29 is 19.1 Å². The number of aliphatic hydroxyl groups is 1. The summed E-state index contributed by atoms with van der Waals surface area (Å²) in [5.74, 6) is -0.487. The summed E-state index contributed by atoms with van der Waals surface area (Å²) in [7, 11) is 3.92. The van der Waals surface area contributed by atoms with Gasteiger partial charge in [-0.25, -0.2) is 0 Å². The van der Waals surface area contributed by atoms with Crippen molar-refractivity contribution in [2.45, 2.75) is 32.7 Å². The standard InChI is InChI=1S/C18H26N2O4/c1-12(2)11-13(21)15-16(14-7-5-10-24-14)20(18(23)17(15)22)9-6-8-19(3)4/h5,7,10,12,16,22H,6,8-9,11H2,1-4H3. The van der Waals surface area contributed by atoms with Gasteiger partial charge in [-0.3, -0.25) is 9.59 Å². The van der Waals surface area contributed by atoms with E-state index in [0.29, 0.717) is 12.3 Å². The molecule has 1 amide bonds. The lowest BCUT2D eigenvalue weighted by Gasteiger charge is -2.25. The Morgan fingerprint density at radius 3 is 2.67 bits per heavy atom. The average Bonchev–Trinajstić information content (AvgIpc) is 3.08.